The second kappa shape index (κ2) is 6.20. The minimum atomic E-state index is -1.06. The molecule has 2 fully saturated rings. The molecule has 5 rings (SSSR count). The van der Waals surface area contributed by atoms with Gasteiger partial charge in [0.15, 0.2) is 5.72 Å². The van der Waals surface area contributed by atoms with Gasteiger partial charge < -0.3 is 14.5 Å². The molecule has 0 unspecified atom stereocenters. The van der Waals surface area contributed by atoms with E-state index in [1.165, 1.54) is 0 Å². The molecule has 0 bridgehead atoms. The smallest absolute Gasteiger partial charge is 0.256 e. The fourth-order valence-electron chi connectivity index (χ4n) is 4.83. The summed E-state index contributed by atoms with van der Waals surface area (Å²) >= 11 is 0. The Morgan fingerprint density at radius 2 is 1.67 bits per heavy atom. The topological polar surface area (TPSA) is 49.9 Å². The molecule has 5 heteroatoms. The van der Waals surface area contributed by atoms with Crippen LogP contribution in [-0.4, -0.2) is 47.9 Å². The van der Waals surface area contributed by atoms with Crippen LogP contribution in [0.25, 0.3) is 0 Å². The summed E-state index contributed by atoms with van der Waals surface area (Å²) in [5.74, 6) is -0.546. The fraction of sp³-hybridized carbons (Fsp3) is 0.364. The van der Waals surface area contributed by atoms with Crippen molar-refractivity contribution in [2.45, 2.75) is 24.5 Å². The molecule has 0 spiro atoms. The van der Waals surface area contributed by atoms with E-state index >= 15 is 0 Å². The Labute approximate surface area is 158 Å². The van der Waals surface area contributed by atoms with Crippen LogP contribution in [0.5, 0.6) is 0 Å². The van der Waals surface area contributed by atoms with Gasteiger partial charge in [-0.3, -0.25) is 9.59 Å². The van der Waals surface area contributed by atoms with E-state index in [0.29, 0.717) is 18.7 Å². The van der Waals surface area contributed by atoms with Crippen molar-refractivity contribution in [3.8, 4) is 0 Å². The maximum Gasteiger partial charge on any atom is 0.256 e. The zero-order valence-corrected chi connectivity index (χ0v) is 15.1. The van der Waals surface area contributed by atoms with Crippen LogP contribution < -0.4 is 0 Å². The Morgan fingerprint density at radius 1 is 0.963 bits per heavy atom. The van der Waals surface area contributed by atoms with Crippen LogP contribution in [0.3, 0.4) is 0 Å². The molecule has 0 aromatic heterocycles. The number of amides is 2. The summed E-state index contributed by atoms with van der Waals surface area (Å²) in [4.78, 5) is 30.7. The standard InChI is InChI=1S/C22H22N2O3/c25-20-18-11-5-4-10-17(18)19(21(26)23-12-6-7-13-23)22(24(20)14-15-27-22)16-8-2-1-3-9-16/h1-5,8-11,19H,6-7,12-15H2/t19-,22+/m1/s1. The predicted molar refractivity (Wildman–Crippen MR) is 100 cm³/mol. The number of rotatable bonds is 2. The van der Waals surface area contributed by atoms with Crippen molar-refractivity contribution >= 4 is 11.8 Å². The summed E-state index contributed by atoms with van der Waals surface area (Å²) in [6, 6.07) is 17.2. The van der Waals surface area contributed by atoms with Gasteiger partial charge in [0.2, 0.25) is 5.91 Å². The molecule has 3 aliphatic rings. The molecule has 2 atom stereocenters. The first-order chi connectivity index (χ1) is 13.2. The third-order valence-corrected chi connectivity index (χ3v) is 6.03. The molecule has 0 N–H and O–H groups in total. The van der Waals surface area contributed by atoms with Crippen molar-refractivity contribution in [1.29, 1.82) is 0 Å². The van der Waals surface area contributed by atoms with Crippen molar-refractivity contribution in [2.75, 3.05) is 26.2 Å². The summed E-state index contributed by atoms with van der Waals surface area (Å²) < 4.78 is 6.31. The number of carbonyl (C=O) groups is 2. The van der Waals surface area contributed by atoms with E-state index in [4.69, 9.17) is 4.74 Å². The molecule has 2 aromatic carbocycles. The van der Waals surface area contributed by atoms with Gasteiger partial charge in [0.05, 0.1) is 6.61 Å². The summed E-state index contributed by atoms with van der Waals surface area (Å²) in [5, 5.41) is 0. The maximum absolute atomic E-state index is 13.7. The van der Waals surface area contributed by atoms with E-state index in [0.717, 1.165) is 37.1 Å². The SMILES string of the molecule is O=C([C@H]1c2ccccc2C(=O)N2CCO[C@@]12c1ccccc1)N1CCCC1. The van der Waals surface area contributed by atoms with Crippen LogP contribution >= 0.6 is 0 Å². The number of carbonyl (C=O) groups excluding carboxylic acids is 2. The summed E-state index contributed by atoms with van der Waals surface area (Å²) in [7, 11) is 0. The van der Waals surface area contributed by atoms with Crippen molar-refractivity contribution in [1.82, 2.24) is 9.80 Å². The highest BCUT2D eigenvalue weighted by Crippen LogP contribution is 2.51. The zero-order chi connectivity index (χ0) is 18.4. The van der Waals surface area contributed by atoms with Crippen molar-refractivity contribution in [3.63, 3.8) is 0 Å². The summed E-state index contributed by atoms with van der Waals surface area (Å²) in [6.45, 7) is 2.47. The van der Waals surface area contributed by atoms with Gasteiger partial charge in [-0.2, -0.15) is 0 Å². The van der Waals surface area contributed by atoms with Crippen LogP contribution in [0.15, 0.2) is 54.6 Å². The molecular weight excluding hydrogens is 340 g/mol. The average Bonchev–Trinajstić information content (AvgIpc) is 3.40. The normalized spacial score (nSPS) is 26.8. The fourth-order valence-corrected chi connectivity index (χ4v) is 4.83. The van der Waals surface area contributed by atoms with E-state index < -0.39 is 11.6 Å². The number of fused-ring (bicyclic) bond motifs is 2. The summed E-state index contributed by atoms with van der Waals surface area (Å²) in [5.41, 5.74) is 1.20. The third kappa shape index (κ3) is 2.28. The molecule has 0 saturated carbocycles. The van der Waals surface area contributed by atoms with Gasteiger partial charge in [-0.1, -0.05) is 48.5 Å². The minimum Gasteiger partial charge on any atom is -0.348 e. The lowest BCUT2D eigenvalue weighted by atomic mass is 9.76. The molecule has 5 nitrogen and oxygen atoms in total. The number of ether oxygens (including phenoxy) is 1. The predicted octanol–water partition coefficient (Wildman–Crippen LogP) is 2.73. The second-order valence-electron chi connectivity index (χ2n) is 7.42. The molecular formula is C22H22N2O3. The van der Waals surface area contributed by atoms with Crippen LogP contribution in [-0.2, 0) is 15.3 Å². The number of hydrogen-bond donors (Lipinski definition) is 0. The second-order valence-corrected chi connectivity index (χ2v) is 7.42. The van der Waals surface area contributed by atoms with E-state index in [1.807, 2.05) is 59.5 Å². The Bertz CT molecular complexity index is 891. The highest BCUT2D eigenvalue weighted by atomic mass is 16.5. The highest BCUT2D eigenvalue weighted by Gasteiger charge is 2.60. The van der Waals surface area contributed by atoms with Gasteiger partial charge in [0.25, 0.3) is 5.91 Å². The van der Waals surface area contributed by atoms with E-state index in [-0.39, 0.29) is 11.8 Å². The van der Waals surface area contributed by atoms with Gasteiger partial charge in [0.1, 0.15) is 5.92 Å². The first kappa shape index (κ1) is 16.5. The van der Waals surface area contributed by atoms with E-state index in [2.05, 4.69) is 0 Å². The highest BCUT2D eigenvalue weighted by molar-refractivity contribution is 6.02. The average molecular weight is 362 g/mol. The number of likely N-dealkylation sites (tertiary alicyclic amines) is 1. The number of nitrogens with zero attached hydrogens (tertiary/aromatic N) is 2. The quantitative estimate of drug-likeness (QED) is 0.825. The van der Waals surface area contributed by atoms with Gasteiger partial charge >= 0.3 is 0 Å². The molecule has 0 aliphatic carbocycles. The molecule has 27 heavy (non-hydrogen) atoms. The van der Waals surface area contributed by atoms with Gasteiger partial charge in [-0.15, -0.1) is 0 Å². The first-order valence-corrected chi connectivity index (χ1v) is 9.62. The van der Waals surface area contributed by atoms with Gasteiger partial charge in [-0.25, -0.2) is 0 Å². The molecule has 2 amide bonds. The Kier molecular flexibility index (Phi) is 3.79. The Hall–Kier alpha value is -2.66. The monoisotopic (exact) mass is 362 g/mol. The van der Waals surface area contributed by atoms with Crippen molar-refractivity contribution in [3.05, 3.63) is 71.3 Å². The lowest BCUT2D eigenvalue weighted by molar-refractivity contribution is -0.151. The van der Waals surface area contributed by atoms with Gasteiger partial charge in [-0.05, 0) is 24.5 Å². The lowest BCUT2D eigenvalue weighted by Crippen LogP contribution is -2.57. The minimum absolute atomic E-state index is 0.0579. The van der Waals surface area contributed by atoms with Crippen LogP contribution in [0.2, 0.25) is 0 Å². The molecule has 2 saturated heterocycles. The lowest BCUT2D eigenvalue weighted by Gasteiger charge is -2.47. The van der Waals surface area contributed by atoms with Crippen LogP contribution in [0.1, 0.15) is 40.2 Å². The molecule has 0 radical (unpaired) electrons. The molecule has 3 heterocycles. The Balaban J connectivity index is 1.75. The molecule has 138 valence electrons. The number of hydrogen-bond acceptors (Lipinski definition) is 3. The van der Waals surface area contributed by atoms with E-state index in [9.17, 15) is 9.59 Å². The largest absolute Gasteiger partial charge is 0.348 e. The molecule has 3 aliphatic heterocycles. The first-order valence-electron chi connectivity index (χ1n) is 9.62. The summed E-state index contributed by atoms with van der Waals surface area (Å²) in [6.07, 6.45) is 2.06. The zero-order valence-electron chi connectivity index (χ0n) is 15.1. The third-order valence-electron chi connectivity index (χ3n) is 6.03. The molecule has 2 aromatic rings. The van der Waals surface area contributed by atoms with Crippen LogP contribution in [0, 0.1) is 0 Å². The van der Waals surface area contributed by atoms with Crippen molar-refractivity contribution < 1.29 is 14.3 Å². The number of benzene rings is 2. The van der Waals surface area contributed by atoms with Gasteiger partial charge in [0, 0.05) is 30.8 Å². The Morgan fingerprint density at radius 3 is 2.44 bits per heavy atom. The van der Waals surface area contributed by atoms with Crippen molar-refractivity contribution in [2.24, 2.45) is 0 Å². The van der Waals surface area contributed by atoms with Crippen LogP contribution in [0.4, 0.5) is 0 Å². The van der Waals surface area contributed by atoms with E-state index in [1.54, 1.807) is 4.90 Å². The maximum atomic E-state index is 13.7.